The van der Waals surface area contributed by atoms with E-state index in [9.17, 15) is 13.7 Å². The zero-order valence-electron chi connectivity index (χ0n) is 15.7. The van der Waals surface area contributed by atoms with Gasteiger partial charge in [-0.25, -0.2) is 13.4 Å². The quantitative estimate of drug-likeness (QED) is 0.777. The van der Waals surface area contributed by atoms with Gasteiger partial charge in [0.25, 0.3) is 0 Å². The van der Waals surface area contributed by atoms with Crippen molar-refractivity contribution >= 4 is 15.8 Å². The van der Waals surface area contributed by atoms with E-state index in [-0.39, 0.29) is 0 Å². The van der Waals surface area contributed by atoms with Crippen LogP contribution in [0.25, 0.3) is 0 Å². The highest BCUT2D eigenvalue weighted by molar-refractivity contribution is 7.91. The van der Waals surface area contributed by atoms with Crippen LogP contribution in [0.1, 0.15) is 41.1 Å². The summed E-state index contributed by atoms with van der Waals surface area (Å²) >= 11 is 0. The summed E-state index contributed by atoms with van der Waals surface area (Å²) in [6.07, 6.45) is 2.72. The fraction of sp³-hybridized carbons (Fsp3) is 0.579. The van der Waals surface area contributed by atoms with Crippen LogP contribution < -0.4 is 4.90 Å². The van der Waals surface area contributed by atoms with Gasteiger partial charge in [-0.2, -0.15) is 9.57 Å². The molecule has 1 aliphatic carbocycles. The molecule has 3 heterocycles. The Balaban J connectivity index is 1.78. The third kappa shape index (κ3) is 3.35. The average Bonchev–Trinajstić information content (AvgIpc) is 3.52. The van der Waals surface area contributed by atoms with E-state index >= 15 is 0 Å². The van der Waals surface area contributed by atoms with E-state index in [1.54, 1.807) is 0 Å². The Morgan fingerprint density at radius 2 is 1.89 bits per heavy atom. The highest BCUT2D eigenvalue weighted by Gasteiger charge is 2.36. The van der Waals surface area contributed by atoms with Gasteiger partial charge in [0.1, 0.15) is 11.9 Å². The first-order valence-electron chi connectivity index (χ1n) is 9.46. The number of hydrogen-bond acceptors (Lipinski definition) is 6. The van der Waals surface area contributed by atoms with Crippen LogP contribution in [0.5, 0.6) is 0 Å². The van der Waals surface area contributed by atoms with Gasteiger partial charge in [0.05, 0.1) is 11.3 Å². The highest BCUT2D eigenvalue weighted by atomic mass is 32.2. The van der Waals surface area contributed by atoms with Crippen LogP contribution in [-0.2, 0) is 23.0 Å². The number of sulfonamides is 1. The minimum atomic E-state index is -3.47. The van der Waals surface area contributed by atoms with Crippen LogP contribution in [-0.4, -0.2) is 62.4 Å². The van der Waals surface area contributed by atoms with Gasteiger partial charge in [-0.15, -0.1) is 0 Å². The van der Waals surface area contributed by atoms with Crippen molar-refractivity contribution in [2.45, 2.75) is 31.7 Å². The summed E-state index contributed by atoms with van der Waals surface area (Å²) in [5.74, 6) is 1.19. The Morgan fingerprint density at radius 3 is 2.48 bits per heavy atom. The van der Waals surface area contributed by atoms with Gasteiger partial charge in [-0.05, 0) is 37.4 Å². The van der Waals surface area contributed by atoms with Gasteiger partial charge in [0.15, 0.2) is 0 Å². The summed E-state index contributed by atoms with van der Waals surface area (Å²) in [6.45, 7) is 7.74. The molecule has 144 valence electrons. The van der Waals surface area contributed by atoms with E-state index in [1.165, 1.54) is 4.31 Å². The molecule has 4 rings (SSSR count). The molecule has 2 fully saturated rings. The lowest BCUT2D eigenvalue weighted by Gasteiger charge is -2.36. The van der Waals surface area contributed by atoms with Crippen molar-refractivity contribution in [2.75, 3.05) is 44.7 Å². The van der Waals surface area contributed by atoms with Gasteiger partial charge in [0.2, 0.25) is 10.0 Å². The second-order valence-corrected chi connectivity index (χ2v) is 9.50. The van der Waals surface area contributed by atoms with Crippen LogP contribution >= 0.6 is 0 Å². The second kappa shape index (κ2) is 6.89. The van der Waals surface area contributed by atoms with Crippen LogP contribution in [0, 0.1) is 11.3 Å². The summed E-state index contributed by atoms with van der Waals surface area (Å²) in [7, 11) is -1.37. The number of likely N-dealkylation sites (N-methyl/N-ethyl adjacent to an activating group) is 1. The van der Waals surface area contributed by atoms with Crippen molar-refractivity contribution in [3.05, 3.63) is 34.4 Å². The first kappa shape index (κ1) is 18.4. The van der Waals surface area contributed by atoms with Crippen molar-refractivity contribution in [3.63, 3.8) is 0 Å². The molecule has 0 spiro atoms. The smallest absolute Gasteiger partial charge is 0.235 e. The molecule has 2 aliphatic heterocycles. The molecular weight excluding hydrogens is 362 g/mol. The average molecular weight is 388 g/mol. The monoisotopic (exact) mass is 387 g/mol. The van der Waals surface area contributed by atoms with Crippen LogP contribution in [0.2, 0.25) is 0 Å². The maximum Gasteiger partial charge on any atom is 0.235 e. The van der Waals surface area contributed by atoms with Gasteiger partial charge in [-0.3, -0.25) is 0 Å². The number of anilines is 1. The molecule has 8 heteroatoms. The first-order valence-corrected chi connectivity index (χ1v) is 11.0. The molecule has 0 unspecified atom stereocenters. The minimum Gasteiger partial charge on any atom is -0.353 e. The van der Waals surface area contributed by atoms with Crippen LogP contribution in [0.4, 0.5) is 5.82 Å². The molecule has 0 N–H and O–H groups in total. The minimum absolute atomic E-state index is 0.292. The number of fused-ring (bicyclic) bond motifs is 1. The normalized spacial score (nSPS) is 21.6. The molecule has 0 aromatic carbocycles. The SMILES string of the molecule is C=CS(=O)(=O)N1CCc2c(C#N)c(N3CCN(C)CC3)nc(C3CC3)c2C1. The zero-order valence-corrected chi connectivity index (χ0v) is 16.5. The Bertz CT molecular complexity index is 909. The standard InChI is InChI=1S/C19H25N5O2S/c1-3-27(25,26)24-7-6-15-16(12-20)19(23-10-8-22(2)9-11-23)21-18(14-4-5-14)17(15)13-24/h3,14H,1,4-11,13H2,2H3. The number of pyridine rings is 1. The third-order valence-corrected chi connectivity index (χ3v) is 7.27. The molecule has 27 heavy (non-hydrogen) atoms. The summed E-state index contributed by atoms with van der Waals surface area (Å²) in [6, 6.07) is 2.38. The van der Waals surface area contributed by atoms with E-state index in [4.69, 9.17) is 4.98 Å². The molecule has 3 aliphatic rings. The van der Waals surface area contributed by atoms with E-state index < -0.39 is 10.0 Å². The second-order valence-electron chi connectivity index (χ2n) is 7.62. The summed E-state index contributed by atoms with van der Waals surface area (Å²) in [5, 5.41) is 10.9. The van der Waals surface area contributed by atoms with Gasteiger partial charge >= 0.3 is 0 Å². The van der Waals surface area contributed by atoms with Crippen molar-refractivity contribution < 1.29 is 8.42 Å². The van der Waals surface area contributed by atoms with Crippen molar-refractivity contribution in [2.24, 2.45) is 0 Å². The lowest BCUT2D eigenvalue weighted by atomic mass is 9.93. The number of aromatic nitrogens is 1. The Morgan fingerprint density at radius 1 is 1.19 bits per heavy atom. The Kier molecular flexibility index (Phi) is 4.70. The van der Waals surface area contributed by atoms with E-state index in [2.05, 4.69) is 29.5 Å². The molecule has 0 radical (unpaired) electrons. The lowest BCUT2D eigenvalue weighted by Crippen LogP contribution is -2.45. The fourth-order valence-corrected chi connectivity index (χ4v) is 4.87. The van der Waals surface area contributed by atoms with Gasteiger partial charge in [-0.1, -0.05) is 6.58 Å². The lowest BCUT2D eigenvalue weighted by molar-refractivity contribution is 0.311. The van der Waals surface area contributed by atoms with Crippen molar-refractivity contribution in [1.29, 1.82) is 5.26 Å². The molecule has 0 atom stereocenters. The highest BCUT2D eigenvalue weighted by Crippen LogP contribution is 2.44. The third-order valence-electron chi connectivity index (χ3n) is 5.82. The van der Waals surface area contributed by atoms with Crippen molar-refractivity contribution in [3.8, 4) is 6.07 Å². The van der Waals surface area contributed by atoms with E-state index in [0.717, 1.165) is 67.1 Å². The number of nitrogens with zero attached hydrogens (tertiary/aromatic N) is 5. The predicted octanol–water partition coefficient (Wildman–Crippen LogP) is 1.41. The van der Waals surface area contributed by atoms with Gasteiger partial charge < -0.3 is 9.80 Å². The molecular formula is C19H25N5O2S. The summed E-state index contributed by atoms with van der Waals surface area (Å²) in [5.41, 5.74) is 3.58. The first-order chi connectivity index (χ1) is 12.9. The summed E-state index contributed by atoms with van der Waals surface area (Å²) < 4.78 is 26.0. The van der Waals surface area contributed by atoms with Crippen LogP contribution in [0.3, 0.4) is 0 Å². The Hall–Kier alpha value is -1.95. The maximum absolute atomic E-state index is 12.3. The fourth-order valence-electron chi connectivity index (χ4n) is 4.00. The van der Waals surface area contributed by atoms with Crippen molar-refractivity contribution in [1.82, 2.24) is 14.2 Å². The molecule has 0 bridgehead atoms. The summed E-state index contributed by atoms with van der Waals surface area (Å²) in [4.78, 5) is 9.45. The molecule has 1 aromatic rings. The number of hydrogen-bond donors (Lipinski definition) is 0. The largest absolute Gasteiger partial charge is 0.353 e. The number of piperazine rings is 1. The zero-order chi connectivity index (χ0) is 19.2. The molecule has 7 nitrogen and oxygen atoms in total. The number of nitriles is 1. The maximum atomic E-state index is 12.3. The molecule has 1 saturated heterocycles. The van der Waals surface area contributed by atoms with E-state index in [1.807, 2.05) is 0 Å². The topological polar surface area (TPSA) is 80.5 Å². The Labute approximate surface area is 160 Å². The molecule has 1 aromatic heterocycles. The number of rotatable bonds is 4. The van der Waals surface area contributed by atoms with Crippen LogP contribution in [0.15, 0.2) is 12.0 Å². The van der Waals surface area contributed by atoms with E-state index in [0.29, 0.717) is 31.0 Å². The molecule has 0 amide bonds. The molecule has 1 saturated carbocycles. The predicted molar refractivity (Wildman–Crippen MR) is 104 cm³/mol. The van der Waals surface area contributed by atoms with Gasteiger partial charge in [0, 0.05) is 50.6 Å².